The van der Waals surface area contributed by atoms with E-state index in [4.69, 9.17) is 23.2 Å². The summed E-state index contributed by atoms with van der Waals surface area (Å²) >= 11 is 11.8. The Morgan fingerprint density at radius 2 is 2.00 bits per heavy atom. The Bertz CT molecular complexity index is 600. The highest BCUT2D eigenvalue weighted by Crippen LogP contribution is 2.22. The SMILES string of the molecule is CC.CNC(=O)Cc1nnn(Cc2ccc(Cl)c(Cl)c2)n1. The number of hydrogen-bond donors (Lipinski definition) is 1. The third kappa shape index (κ3) is 5.32. The van der Waals surface area contributed by atoms with Crippen LogP contribution in [0.2, 0.25) is 10.0 Å². The Morgan fingerprint density at radius 1 is 1.29 bits per heavy atom. The fourth-order valence-electron chi connectivity index (χ4n) is 1.45. The van der Waals surface area contributed by atoms with Crippen molar-refractivity contribution in [2.24, 2.45) is 0 Å². The molecule has 0 aliphatic rings. The molecule has 21 heavy (non-hydrogen) atoms. The lowest BCUT2D eigenvalue weighted by molar-refractivity contribution is -0.120. The number of carbonyl (C=O) groups is 1. The van der Waals surface area contributed by atoms with Gasteiger partial charge in [-0.3, -0.25) is 4.79 Å². The molecule has 8 heteroatoms. The third-order valence-electron chi connectivity index (χ3n) is 2.40. The molecule has 0 atom stereocenters. The van der Waals surface area contributed by atoms with Gasteiger partial charge in [-0.05, 0) is 22.9 Å². The van der Waals surface area contributed by atoms with E-state index in [1.165, 1.54) is 4.80 Å². The highest BCUT2D eigenvalue weighted by Gasteiger charge is 2.08. The Labute approximate surface area is 133 Å². The molecule has 0 unspecified atom stereocenters. The van der Waals surface area contributed by atoms with E-state index in [0.717, 1.165) is 5.56 Å². The molecule has 1 heterocycles. The molecule has 0 saturated carbocycles. The van der Waals surface area contributed by atoms with Crippen LogP contribution in [0.25, 0.3) is 0 Å². The first-order valence-corrected chi connectivity index (χ1v) is 7.25. The zero-order chi connectivity index (χ0) is 15.8. The van der Waals surface area contributed by atoms with Gasteiger partial charge in [-0.2, -0.15) is 4.80 Å². The summed E-state index contributed by atoms with van der Waals surface area (Å²) in [7, 11) is 1.56. The summed E-state index contributed by atoms with van der Waals surface area (Å²) in [4.78, 5) is 12.6. The molecule has 0 bridgehead atoms. The van der Waals surface area contributed by atoms with Gasteiger partial charge in [0.05, 0.1) is 23.0 Å². The van der Waals surface area contributed by atoms with Crippen molar-refractivity contribution in [3.63, 3.8) is 0 Å². The predicted octanol–water partition coefficient (Wildman–Crippen LogP) is 2.34. The van der Waals surface area contributed by atoms with Gasteiger partial charge in [0.1, 0.15) is 0 Å². The highest BCUT2D eigenvalue weighted by molar-refractivity contribution is 6.42. The van der Waals surface area contributed by atoms with Crippen LogP contribution in [0.15, 0.2) is 18.2 Å². The standard InChI is InChI=1S/C11H11Cl2N5O.C2H6/c1-14-11(19)5-10-15-17-18(16-10)6-7-2-3-8(12)9(13)4-7;1-2/h2-4H,5-6H2,1H3,(H,14,19);1-2H3. The first kappa shape index (κ1) is 17.4. The summed E-state index contributed by atoms with van der Waals surface area (Å²) in [5, 5.41) is 15.2. The van der Waals surface area contributed by atoms with Crippen molar-refractivity contribution in [2.75, 3.05) is 7.05 Å². The number of nitrogens with zero attached hydrogens (tertiary/aromatic N) is 4. The Kier molecular flexibility index (Phi) is 7.11. The van der Waals surface area contributed by atoms with E-state index in [-0.39, 0.29) is 12.3 Å². The number of aromatic nitrogens is 4. The van der Waals surface area contributed by atoms with Crippen LogP contribution in [0.4, 0.5) is 0 Å². The number of halogens is 2. The lowest BCUT2D eigenvalue weighted by Gasteiger charge is -2.01. The second-order valence-electron chi connectivity index (χ2n) is 3.83. The van der Waals surface area contributed by atoms with Crippen LogP contribution in [0.5, 0.6) is 0 Å². The molecule has 1 aromatic heterocycles. The van der Waals surface area contributed by atoms with Crippen molar-refractivity contribution in [1.29, 1.82) is 0 Å². The van der Waals surface area contributed by atoms with E-state index in [1.807, 2.05) is 19.9 Å². The van der Waals surface area contributed by atoms with Gasteiger partial charge in [0.15, 0.2) is 5.82 Å². The van der Waals surface area contributed by atoms with E-state index in [2.05, 4.69) is 20.7 Å². The lowest BCUT2D eigenvalue weighted by Crippen LogP contribution is -2.20. The van der Waals surface area contributed by atoms with E-state index in [1.54, 1.807) is 19.2 Å². The zero-order valence-corrected chi connectivity index (χ0v) is 13.6. The number of hydrogen-bond acceptors (Lipinski definition) is 4. The third-order valence-corrected chi connectivity index (χ3v) is 3.14. The normalized spacial score (nSPS) is 9.76. The molecule has 1 aromatic carbocycles. The molecular weight excluding hydrogens is 313 g/mol. The van der Waals surface area contributed by atoms with Crippen molar-refractivity contribution in [3.8, 4) is 0 Å². The van der Waals surface area contributed by atoms with Crippen LogP contribution < -0.4 is 5.32 Å². The van der Waals surface area contributed by atoms with Gasteiger partial charge >= 0.3 is 0 Å². The number of likely N-dealkylation sites (N-methyl/N-ethyl adjacent to an activating group) is 1. The monoisotopic (exact) mass is 329 g/mol. The summed E-state index contributed by atoms with van der Waals surface area (Å²) in [6.45, 7) is 4.41. The number of carbonyl (C=O) groups excluding carboxylic acids is 1. The Hall–Kier alpha value is -1.66. The van der Waals surface area contributed by atoms with Crippen LogP contribution >= 0.6 is 23.2 Å². The second kappa shape index (κ2) is 8.59. The topological polar surface area (TPSA) is 72.7 Å². The quantitative estimate of drug-likeness (QED) is 0.934. The smallest absolute Gasteiger partial charge is 0.227 e. The summed E-state index contributed by atoms with van der Waals surface area (Å²) < 4.78 is 0. The molecule has 0 spiro atoms. The minimum absolute atomic E-state index is 0.109. The van der Waals surface area contributed by atoms with E-state index in [9.17, 15) is 4.79 Å². The lowest BCUT2D eigenvalue weighted by atomic mass is 10.2. The average Bonchev–Trinajstić information content (AvgIpc) is 2.92. The predicted molar refractivity (Wildman–Crippen MR) is 82.5 cm³/mol. The second-order valence-corrected chi connectivity index (χ2v) is 4.65. The fourth-order valence-corrected chi connectivity index (χ4v) is 1.77. The molecule has 0 radical (unpaired) electrons. The molecule has 0 aliphatic heterocycles. The molecule has 2 rings (SSSR count). The Morgan fingerprint density at radius 3 is 2.62 bits per heavy atom. The maximum absolute atomic E-state index is 11.2. The molecule has 2 aromatic rings. The maximum atomic E-state index is 11.2. The summed E-state index contributed by atoms with van der Waals surface area (Å²) in [5.41, 5.74) is 0.901. The number of amides is 1. The van der Waals surface area contributed by atoms with Gasteiger partial charge in [-0.25, -0.2) is 0 Å². The van der Waals surface area contributed by atoms with Crippen LogP contribution in [0.3, 0.4) is 0 Å². The fraction of sp³-hybridized carbons (Fsp3) is 0.385. The van der Waals surface area contributed by atoms with Gasteiger partial charge in [0.2, 0.25) is 5.91 Å². The van der Waals surface area contributed by atoms with Crippen molar-refractivity contribution in [1.82, 2.24) is 25.5 Å². The Balaban J connectivity index is 0.00000106. The molecule has 0 fully saturated rings. The van der Waals surface area contributed by atoms with E-state index >= 15 is 0 Å². The zero-order valence-electron chi connectivity index (χ0n) is 12.1. The first-order valence-electron chi connectivity index (χ1n) is 6.49. The van der Waals surface area contributed by atoms with Crippen molar-refractivity contribution in [2.45, 2.75) is 26.8 Å². The highest BCUT2D eigenvalue weighted by atomic mass is 35.5. The average molecular weight is 330 g/mol. The molecule has 1 amide bonds. The first-order chi connectivity index (χ1) is 10.1. The summed E-state index contributed by atoms with van der Waals surface area (Å²) in [5.74, 6) is 0.216. The van der Waals surface area contributed by atoms with Crippen molar-refractivity contribution in [3.05, 3.63) is 39.6 Å². The minimum Gasteiger partial charge on any atom is -0.359 e. The van der Waals surface area contributed by atoms with Gasteiger partial charge in [-0.15, -0.1) is 10.2 Å². The van der Waals surface area contributed by atoms with Crippen LogP contribution in [-0.2, 0) is 17.8 Å². The minimum atomic E-state index is -0.158. The molecule has 0 aliphatic carbocycles. The summed E-state index contributed by atoms with van der Waals surface area (Å²) in [6.07, 6.45) is 0.109. The number of nitrogens with one attached hydrogen (secondary N) is 1. The number of rotatable bonds is 4. The van der Waals surface area contributed by atoms with Gasteiger partial charge < -0.3 is 5.32 Å². The van der Waals surface area contributed by atoms with Crippen LogP contribution in [0.1, 0.15) is 25.2 Å². The largest absolute Gasteiger partial charge is 0.359 e. The van der Waals surface area contributed by atoms with Gasteiger partial charge in [0, 0.05) is 7.05 Å². The van der Waals surface area contributed by atoms with Gasteiger partial charge in [-0.1, -0.05) is 43.1 Å². The van der Waals surface area contributed by atoms with Crippen molar-refractivity contribution < 1.29 is 4.79 Å². The number of tetrazole rings is 1. The molecule has 0 saturated heterocycles. The molecule has 114 valence electrons. The van der Waals surface area contributed by atoms with E-state index in [0.29, 0.717) is 22.4 Å². The van der Waals surface area contributed by atoms with E-state index < -0.39 is 0 Å². The molecule has 1 N–H and O–H groups in total. The molecule has 6 nitrogen and oxygen atoms in total. The van der Waals surface area contributed by atoms with Crippen LogP contribution in [0, 0.1) is 0 Å². The van der Waals surface area contributed by atoms with Crippen molar-refractivity contribution >= 4 is 29.1 Å². The van der Waals surface area contributed by atoms with Crippen LogP contribution in [-0.4, -0.2) is 33.2 Å². The number of benzene rings is 1. The van der Waals surface area contributed by atoms with Gasteiger partial charge in [0.25, 0.3) is 0 Å². The molecular formula is C13H17Cl2N5O. The summed E-state index contributed by atoms with van der Waals surface area (Å²) in [6, 6.07) is 5.28. The maximum Gasteiger partial charge on any atom is 0.227 e.